The number of benzene rings is 2. The molecule has 2 aromatic carbocycles. The molecule has 29 heavy (non-hydrogen) atoms. The van der Waals surface area contributed by atoms with E-state index in [1.165, 1.54) is 4.31 Å². The molecule has 0 saturated carbocycles. The Morgan fingerprint density at radius 2 is 1.90 bits per heavy atom. The summed E-state index contributed by atoms with van der Waals surface area (Å²) in [5.74, 6) is -0.0724. The molecule has 1 unspecified atom stereocenters. The molecule has 1 amide bonds. The zero-order valence-electron chi connectivity index (χ0n) is 16.4. The van der Waals surface area contributed by atoms with Crippen molar-refractivity contribution in [3.05, 3.63) is 59.7 Å². The van der Waals surface area contributed by atoms with E-state index in [1.54, 1.807) is 23.1 Å². The minimum absolute atomic E-state index is 0.00374. The smallest absolute Gasteiger partial charge is 0.266 e. The summed E-state index contributed by atoms with van der Waals surface area (Å²) in [7, 11) is -3.83. The summed E-state index contributed by atoms with van der Waals surface area (Å²) < 4.78 is 27.6. The number of fused-ring (bicyclic) bond motifs is 1. The van der Waals surface area contributed by atoms with Crippen molar-refractivity contribution in [2.75, 3.05) is 18.0 Å². The van der Waals surface area contributed by atoms with Crippen LogP contribution in [0.5, 0.6) is 0 Å². The first-order chi connectivity index (χ1) is 13.8. The summed E-state index contributed by atoms with van der Waals surface area (Å²) in [4.78, 5) is 18.6. The molecule has 4 rings (SSSR count). The number of sulfonamides is 1. The number of amides is 1. The Morgan fingerprint density at radius 1 is 1.17 bits per heavy atom. The number of hydrogen-bond donors (Lipinski definition) is 1. The van der Waals surface area contributed by atoms with Crippen LogP contribution in [0.25, 0.3) is 0 Å². The van der Waals surface area contributed by atoms with Crippen LogP contribution in [-0.4, -0.2) is 37.7 Å². The van der Waals surface area contributed by atoms with E-state index in [9.17, 15) is 13.2 Å². The molecular weight excluding hydrogens is 388 g/mol. The number of nitrogens with two attached hydrogens (primary N) is 1. The molecule has 1 atom stereocenters. The van der Waals surface area contributed by atoms with E-state index in [-0.39, 0.29) is 35.3 Å². The van der Waals surface area contributed by atoms with Gasteiger partial charge in [0.1, 0.15) is 0 Å². The second-order valence-corrected chi connectivity index (χ2v) is 9.50. The van der Waals surface area contributed by atoms with Crippen molar-refractivity contribution in [1.29, 1.82) is 0 Å². The van der Waals surface area contributed by atoms with Gasteiger partial charge in [0.15, 0.2) is 0 Å². The molecule has 8 heteroatoms. The molecule has 0 aliphatic carbocycles. The number of aliphatic imine (C=N–C) groups is 1. The Bertz CT molecular complexity index is 1080. The van der Waals surface area contributed by atoms with Crippen molar-refractivity contribution < 1.29 is 13.2 Å². The molecule has 0 saturated heterocycles. The van der Waals surface area contributed by atoms with Gasteiger partial charge in [-0.3, -0.25) is 4.79 Å². The van der Waals surface area contributed by atoms with E-state index < -0.39 is 10.0 Å². The fraction of sp³-hybridized carbons (Fsp3) is 0.333. The van der Waals surface area contributed by atoms with Gasteiger partial charge in [0.05, 0.1) is 17.5 Å². The fourth-order valence-electron chi connectivity index (χ4n) is 3.80. The lowest BCUT2D eigenvalue weighted by molar-refractivity contribution is -0.121. The van der Waals surface area contributed by atoms with E-state index in [4.69, 9.17) is 5.73 Å². The normalized spacial score (nSPS) is 18.9. The molecule has 7 nitrogen and oxygen atoms in total. The molecular formula is C21H24N4O3S. The van der Waals surface area contributed by atoms with Gasteiger partial charge in [0, 0.05) is 18.2 Å². The standard InChI is InChI=1S/C21H24N4O3S/c1-14(2)20(26)24-11-10-16-12-17(8-9-19(16)24)29(27,28)25-13-18(23-21(25)22)15-6-4-3-5-7-15/h3-9,12,14,18H,10-11,13H2,1-2H3,(H2,22,23). The average molecular weight is 413 g/mol. The molecule has 2 aliphatic heterocycles. The first kappa shape index (κ1) is 19.4. The summed E-state index contributed by atoms with van der Waals surface area (Å²) >= 11 is 0. The van der Waals surface area contributed by atoms with Crippen LogP contribution in [-0.2, 0) is 21.2 Å². The highest BCUT2D eigenvalue weighted by Crippen LogP contribution is 2.33. The van der Waals surface area contributed by atoms with Crippen molar-refractivity contribution in [3.63, 3.8) is 0 Å². The molecule has 2 heterocycles. The van der Waals surface area contributed by atoms with Gasteiger partial charge in [-0.05, 0) is 35.7 Å². The Morgan fingerprint density at radius 3 is 2.59 bits per heavy atom. The number of anilines is 1. The molecule has 0 fully saturated rings. The second-order valence-electron chi connectivity index (χ2n) is 7.64. The topological polar surface area (TPSA) is 96.1 Å². The van der Waals surface area contributed by atoms with E-state index in [0.29, 0.717) is 13.0 Å². The van der Waals surface area contributed by atoms with E-state index in [1.807, 2.05) is 44.2 Å². The Kier molecular flexibility index (Phi) is 4.82. The second kappa shape index (κ2) is 7.18. The van der Waals surface area contributed by atoms with Gasteiger partial charge in [0.2, 0.25) is 11.9 Å². The third-order valence-electron chi connectivity index (χ3n) is 5.36. The highest BCUT2D eigenvalue weighted by atomic mass is 32.2. The molecule has 2 aromatic rings. The maximum absolute atomic E-state index is 13.2. The van der Waals surface area contributed by atoms with Crippen molar-refractivity contribution in [1.82, 2.24) is 4.31 Å². The first-order valence-electron chi connectivity index (χ1n) is 9.64. The molecule has 152 valence electrons. The quantitative estimate of drug-likeness (QED) is 0.833. The van der Waals surface area contributed by atoms with Crippen LogP contribution in [0.1, 0.15) is 31.0 Å². The predicted molar refractivity (Wildman–Crippen MR) is 112 cm³/mol. The van der Waals surface area contributed by atoms with E-state index in [2.05, 4.69) is 4.99 Å². The predicted octanol–water partition coefficient (Wildman–Crippen LogP) is 2.29. The summed E-state index contributed by atoms with van der Waals surface area (Å²) in [6.45, 7) is 4.46. The Labute approximate surface area is 170 Å². The Hall–Kier alpha value is -2.87. The van der Waals surface area contributed by atoms with Gasteiger partial charge in [-0.1, -0.05) is 44.2 Å². The van der Waals surface area contributed by atoms with Crippen molar-refractivity contribution in [3.8, 4) is 0 Å². The zero-order valence-corrected chi connectivity index (χ0v) is 17.3. The molecule has 0 spiro atoms. The van der Waals surface area contributed by atoms with Gasteiger partial charge in [-0.25, -0.2) is 17.7 Å². The third-order valence-corrected chi connectivity index (χ3v) is 7.13. The van der Waals surface area contributed by atoms with Gasteiger partial charge >= 0.3 is 0 Å². The van der Waals surface area contributed by atoms with Crippen LogP contribution in [0.4, 0.5) is 5.69 Å². The van der Waals surface area contributed by atoms with Crippen molar-refractivity contribution >= 4 is 27.6 Å². The third kappa shape index (κ3) is 3.37. The summed E-state index contributed by atoms with van der Waals surface area (Å²) in [6.07, 6.45) is 0.632. The van der Waals surface area contributed by atoms with Crippen LogP contribution in [0.3, 0.4) is 0 Å². The minimum atomic E-state index is -3.83. The van der Waals surface area contributed by atoms with E-state index >= 15 is 0 Å². The monoisotopic (exact) mass is 412 g/mol. The molecule has 2 N–H and O–H groups in total. The van der Waals surface area contributed by atoms with Crippen LogP contribution in [0, 0.1) is 5.92 Å². The summed E-state index contributed by atoms with van der Waals surface area (Å²) in [5, 5.41) is 0. The fourth-order valence-corrected chi connectivity index (χ4v) is 5.21. The van der Waals surface area contributed by atoms with Gasteiger partial charge in [-0.15, -0.1) is 0 Å². The SMILES string of the molecule is CC(C)C(=O)N1CCc2cc(S(=O)(=O)N3CC(c4ccccc4)N=C3N)ccc21. The maximum Gasteiger partial charge on any atom is 0.266 e. The number of nitrogens with zero attached hydrogens (tertiary/aromatic N) is 3. The average Bonchev–Trinajstić information content (AvgIpc) is 3.31. The Balaban J connectivity index is 1.61. The highest BCUT2D eigenvalue weighted by Gasteiger charge is 2.35. The number of guanidine groups is 1. The first-order valence-corrected chi connectivity index (χ1v) is 11.1. The van der Waals surface area contributed by atoms with E-state index in [0.717, 1.165) is 16.8 Å². The van der Waals surface area contributed by atoms with Gasteiger partial charge in [-0.2, -0.15) is 0 Å². The van der Waals surface area contributed by atoms with Gasteiger partial charge < -0.3 is 10.6 Å². The lowest BCUT2D eigenvalue weighted by Crippen LogP contribution is -2.39. The maximum atomic E-state index is 13.2. The largest absolute Gasteiger partial charge is 0.369 e. The number of carbonyl (C=O) groups excluding carboxylic acids is 1. The molecule has 0 aromatic heterocycles. The zero-order chi connectivity index (χ0) is 20.8. The van der Waals surface area contributed by atoms with Crippen LogP contribution in [0.2, 0.25) is 0 Å². The molecule has 2 aliphatic rings. The number of hydrogen-bond acceptors (Lipinski definition) is 5. The lowest BCUT2D eigenvalue weighted by atomic mass is 10.1. The van der Waals surface area contributed by atoms with Crippen LogP contribution >= 0.6 is 0 Å². The van der Waals surface area contributed by atoms with Crippen molar-refractivity contribution in [2.24, 2.45) is 16.6 Å². The minimum Gasteiger partial charge on any atom is -0.369 e. The molecule has 0 bridgehead atoms. The lowest BCUT2D eigenvalue weighted by Gasteiger charge is -2.21. The van der Waals surface area contributed by atoms with Crippen molar-refractivity contribution in [2.45, 2.75) is 31.2 Å². The summed E-state index contributed by atoms with van der Waals surface area (Å²) in [6, 6.07) is 14.1. The highest BCUT2D eigenvalue weighted by molar-refractivity contribution is 7.89. The van der Waals surface area contributed by atoms with Crippen LogP contribution < -0.4 is 10.6 Å². The molecule has 0 radical (unpaired) electrons. The number of rotatable bonds is 4. The summed E-state index contributed by atoms with van der Waals surface area (Å²) in [5.41, 5.74) is 8.54. The number of carbonyl (C=O) groups is 1. The van der Waals surface area contributed by atoms with Gasteiger partial charge in [0.25, 0.3) is 10.0 Å². The van der Waals surface area contributed by atoms with Crippen LogP contribution in [0.15, 0.2) is 58.4 Å².